The van der Waals surface area contributed by atoms with Crippen molar-refractivity contribution < 1.29 is 9.47 Å². The first-order valence-electron chi connectivity index (χ1n) is 6.04. The van der Waals surface area contributed by atoms with Gasteiger partial charge in [0.15, 0.2) is 5.82 Å². The maximum Gasteiger partial charge on any atom is 0.219 e. The molecule has 0 aliphatic carbocycles. The van der Waals surface area contributed by atoms with Crippen LogP contribution < -0.4 is 10.5 Å². The molecule has 0 fully saturated rings. The molecule has 0 aliphatic heterocycles. The Morgan fingerprint density at radius 3 is 2.63 bits per heavy atom. The lowest BCUT2D eigenvalue weighted by molar-refractivity contribution is 0.0890. The molecular formula is C14H17N3O2. The van der Waals surface area contributed by atoms with Crippen molar-refractivity contribution in [3.8, 4) is 17.3 Å². The van der Waals surface area contributed by atoms with Crippen molar-refractivity contribution in [3.63, 3.8) is 0 Å². The van der Waals surface area contributed by atoms with E-state index < -0.39 is 0 Å². The molecular weight excluding hydrogens is 242 g/mol. The average molecular weight is 259 g/mol. The normalized spacial score (nSPS) is 12.1. The average Bonchev–Trinajstić information content (AvgIpc) is 2.39. The van der Waals surface area contributed by atoms with Crippen molar-refractivity contribution in [1.29, 1.82) is 0 Å². The van der Waals surface area contributed by atoms with E-state index in [1.807, 2.05) is 37.3 Å². The van der Waals surface area contributed by atoms with Gasteiger partial charge in [-0.15, -0.1) is 0 Å². The van der Waals surface area contributed by atoms with Crippen LogP contribution in [0, 0.1) is 0 Å². The van der Waals surface area contributed by atoms with Crippen LogP contribution in [0.15, 0.2) is 36.4 Å². The van der Waals surface area contributed by atoms with Crippen LogP contribution in [0.5, 0.6) is 5.88 Å². The van der Waals surface area contributed by atoms with Crippen LogP contribution in [0.4, 0.5) is 5.82 Å². The van der Waals surface area contributed by atoms with Crippen LogP contribution in [0.25, 0.3) is 11.4 Å². The third kappa shape index (κ3) is 3.66. The van der Waals surface area contributed by atoms with Crippen LogP contribution in [0.3, 0.4) is 0 Å². The van der Waals surface area contributed by atoms with E-state index in [0.717, 1.165) is 5.56 Å². The Kier molecular flexibility index (Phi) is 4.30. The number of nitrogens with two attached hydrogens (primary N) is 1. The number of ether oxygens (including phenoxy) is 2. The number of benzene rings is 1. The third-order valence-corrected chi connectivity index (χ3v) is 2.48. The number of nitrogen functional groups attached to an aromatic ring is 1. The molecule has 2 aromatic rings. The summed E-state index contributed by atoms with van der Waals surface area (Å²) in [6, 6.07) is 11.3. The second-order valence-electron chi connectivity index (χ2n) is 4.20. The second kappa shape index (κ2) is 6.15. The van der Waals surface area contributed by atoms with Crippen LogP contribution in [-0.2, 0) is 4.74 Å². The molecule has 5 nitrogen and oxygen atoms in total. The van der Waals surface area contributed by atoms with E-state index in [9.17, 15) is 0 Å². The summed E-state index contributed by atoms with van der Waals surface area (Å²) in [4.78, 5) is 8.57. The van der Waals surface area contributed by atoms with Gasteiger partial charge in [0.05, 0.1) is 6.61 Å². The summed E-state index contributed by atoms with van der Waals surface area (Å²) in [6.07, 6.45) is -0.0945. The molecule has 0 spiro atoms. The number of hydrogen-bond acceptors (Lipinski definition) is 5. The highest BCUT2D eigenvalue weighted by Gasteiger charge is 2.09. The van der Waals surface area contributed by atoms with Crippen LogP contribution in [-0.4, -0.2) is 29.8 Å². The highest BCUT2D eigenvalue weighted by atomic mass is 16.5. The molecule has 2 N–H and O–H groups in total. The highest BCUT2D eigenvalue weighted by Crippen LogP contribution is 2.20. The highest BCUT2D eigenvalue weighted by molar-refractivity contribution is 5.57. The molecule has 100 valence electrons. The summed E-state index contributed by atoms with van der Waals surface area (Å²) < 4.78 is 10.7. The van der Waals surface area contributed by atoms with Crippen molar-refractivity contribution in [2.75, 3.05) is 19.5 Å². The number of methoxy groups -OCH3 is 1. The number of anilines is 1. The molecule has 0 radical (unpaired) electrons. The molecule has 0 aliphatic rings. The summed E-state index contributed by atoms with van der Waals surface area (Å²) in [5, 5.41) is 0. The first-order valence-corrected chi connectivity index (χ1v) is 6.04. The van der Waals surface area contributed by atoms with Gasteiger partial charge in [0, 0.05) is 18.7 Å². The quantitative estimate of drug-likeness (QED) is 0.890. The zero-order valence-corrected chi connectivity index (χ0v) is 11.0. The van der Waals surface area contributed by atoms with Gasteiger partial charge < -0.3 is 15.2 Å². The Hall–Kier alpha value is -2.14. The monoisotopic (exact) mass is 259 g/mol. The Morgan fingerprint density at radius 1 is 1.21 bits per heavy atom. The minimum absolute atomic E-state index is 0.0945. The van der Waals surface area contributed by atoms with Crippen LogP contribution >= 0.6 is 0 Å². The van der Waals surface area contributed by atoms with Gasteiger partial charge >= 0.3 is 0 Å². The maximum absolute atomic E-state index is 5.78. The van der Waals surface area contributed by atoms with Crippen molar-refractivity contribution in [2.45, 2.75) is 13.0 Å². The fraction of sp³-hybridized carbons (Fsp3) is 0.286. The first kappa shape index (κ1) is 13.3. The molecule has 0 saturated heterocycles. The topological polar surface area (TPSA) is 70.3 Å². The van der Waals surface area contributed by atoms with Gasteiger partial charge in [0.2, 0.25) is 5.88 Å². The van der Waals surface area contributed by atoms with Crippen molar-refractivity contribution in [1.82, 2.24) is 9.97 Å². The number of aromatic nitrogens is 2. The van der Waals surface area contributed by atoms with Crippen LogP contribution in [0.1, 0.15) is 6.92 Å². The van der Waals surface area contributed by atoms with Gasteiger partial charge in [0.1, 0.15) is 11.9 Å². The van der Waals surface area contributed by atoms with Gasteiger partial charge in [-0.2, -0.15) is 4.98 Å². The van der Waals surface area contributed by atoms with E-state index in [2.05, 4.69) is 9.97 Å². The molecule has 5 heteroatoms. The fourth-order valence-corrected chi connectivity index (χ4v) is 1.69. The molecule has 1 aromatic carbocycles. The lowest BCUT2D eigenvalue weighted by Gasteiger charge is -2.13. The van der Waals surface area contributed by atoms with Gasteiger partial charge in [-0.25, -0.2) is 4.98 Å². The molecule has 19 heavy (non-hydrogen) atoms. The lowest BCUT2D eigenvalue weighted by Crippen LogP contribution is -2.19. The number of rotatable bonds is 5. The van der Waals surface area contributed by atoms with E-state index in [1.165, 1.54) is 0 Å². The van der Waals surface area contributed by atoms with Gasteiger partial charge in [-0.3, -0.25) is 0 Å². The molecule has 1 unspecified atom stereocenters. The Bertz CT molecular complexity index is 531. The Morgan fingerprint density at radius 2 is 1.95 bits per heavy atom. The van der Waals surface area contributed by atoms with Gasteiger partial charge in [-0.05, 0) is 6.92 Å². The van der Waals surface area contributed by atoms with Gasteiger partial charge in [0.25, 0.3) is 0 Å². The molecule has 1 aromatic heterocycles. The standard InChI is InChI=1S/C14H17N3O2/c1-10(9-18-2)19-13-8-12(15)16-14(17-13)11-6-4-3-5-7-11/h3-8,10H,9H2,1-2H3,(H2,15,16,17). The smallest absolute Gasteiger partial charge is 0.219 e. The van der Waals surface area contributed by atoms with Gasteiger partial charge in [-0.1, -0.05) is 30.3 Å². The van der Waals surface area contributed by atoms with E-state index in [-0.39, 0.29) is 6.10 Å². The molecule has 0 amide bonds. The van der Waals surface area contributed by atoms with E-state index >= 15 is 0 Å². The summed E-state index contributed by atoms with van der Waals surface area (Å²) in [5.41, 5.74) is 6.69. The third-order valence-electron chi connectivity index (χ3n) is 2.48. The summed E-state index contributed by atoms with van der Waals surface area (Å²) in [5.74, 6) is 1.39. The molecule has 0 saturated carbocycles. The minimum Gasteiger partial charge on any atom is -0.472 e. The molecule has 2 rings (SSSR count). The molecule has 0 bridgehead atoms. The first-order chi connectivity index (χ1) is 9.19. The molecule has 1 atom stereocenters. The second-order valence-corrected chi connectivity index (χ2v) is 4.20. The Labute approximate surface area is 112 Å². The fourth-order valence-electron chi connectivity index (χ4n) is 1.69. The minimum atomic E-state index is -0.0945. The lowest BCUT2D eigenvalue weighted by atomic mass is 10.2. The van der Waals surface area contributed by atoms with E-state index in [4.69, 9.17) is 15.2 Å². The maximum atomic E-state index is 5.78. The van der Waals surface area contributed by atoms with E-state index in [0.29, 0.717) is 24.1 Å². The largest absolute Gasteiger partial charge is 0.472 e. The molecule has 1 heterocycles. The Balaban J connectivity index is 2.25. The number of hydrogen-bond donors (Lipinski definition) is 1. The SMILES string of the molecule is COCC(C)Oc1cc(N)nc(-c2ccccc2)n1. The summed E-state index contributed by atoms with van der Waals surface area (Å²) in [6.45, 7) is 2.40. The van der Waals surface area contributed by atoms with Crippen molar-refractivity contribution in [2.24, 2.45) is 0 Å². The van der Waals surface area contributed by atoms with Crippen molar-refractivity contribution >= 4 is 5.82 Å². The predicted molar refractivity (Wildman–Crippen MR) is 73.8 cm³/mol. The summed E-state index contributed by atoms with van der Waals surface area (Å²) >= 11 is 0. The van der Waals surface area contributed by atoms with E-state index in [1.54, 1.807) is 13.2 Å². The van der Waals surface area contributed by atoms with Crippen molar-refractivity contribution in [3.05, 3.63) is 36.4 Å². The zero-order chi connectivity index (χ0) is 13.7. The predicted octanol–water partition coefficient (Wildman–Crippen LogP) is 2.14. The summed E-state index contributed by atoms with van der Waals surface area (Å²) in [7, 11) is 1.63. The van der Waals surface area contributed by atoms with Crippen LogP contribution in [0.2, 0.25) is 0 Å². The number of nitrogens with zero attached hydrogens (tertiary/aromatic N) is 2. The zero-order valence-electron chi connectivity index (χ0n) is 11.0.